The molecule has 2 aromatic rings. The molecule has 0 aromatic carbocycles. The standard InChI is InChI=1S/C12H16N6O2/c1-7-5-10(17-13)9(6-15-7)12(19)14-4-3-11-16-8(2)18-20-11/h5-6H,3-4,13H2,1-2H3,(H,14,19)(H,15,17). The van der Waals surface area contributed by atoms with Crippen LogP contribution in [0.3, 0.4) is 0 Å². The van der Waals surface area contributed by atoms with Crippen molar-refractivity contribution in [1.29, 1.82) is 0 Å². The number of nitrogens with zero attached hydrogens (tertiary/aromatic N) is 3. The molecule has 2 heterocycles. The van der Waals surface area contributed by atoms with Gasteiger partial charge in [0.25, 0.3) is 5.91 Å². The molecule has 0 bridgehead atoms. The summed E-state index contributed by atoms with van der Waals surface area (Å²) in [5, 5.41) is 6.42. The topological polar surface area (TPSA) is 119 Å². The number of aromatic nitrogens is 3. The van der Waals surface area contributed by atoms with Gasteiger partial charge in [-0.05, 0) is 19.9 Å². The molecular weight excluding hydrogens is 260 g/mol. The third-order valence-electron chi connectivity index (χ3n) is 2.63. The summed E-state index contributed by atoms with van der Waals surface area (Å²) >= 11 is 0. The van der Waals surface area contributed by atoms with Gasteiger partial charge in [0.1, 0.15) is 0 Å². The molecule has 0 aliphatic carbocycles. The number of carbonyl (C=O) groups is 1. The van der Waals surface area contributed by atoms with E-state index < -0.39 is 0 Å². The summed E-state index contributed by atoms with van der Waals surface area (Å²) in [6.45, 7) is 3.95. The third-order valence-corrected chi connectivity index (χ3v) is 2.63. The summed E-state index contributed by atoms with van der Waals surface area (Å²) < 4.78 is 4.96. The van der Waals surface area contributed by atoms with E-state index in [1.807, 2.05) is 6.92 Å². The van der Waals surface area contributed by atoms with E-state index in [1.54, 1.807) is 13.0 Å². The normalized spacial score (nSPS) is 10.3. The van der Waals surface area contributed by atoms with Gasteiger partial charge in [0, 0.05) is 24.9 Å². The molecule has 0 fully saturated rings. The summed E-state index contributed by atoms with van der Waals surface area (Å²) in [7, 11) is 0. The predicted octanol–water partition coefficient (Wildman–Crippen LogP) is 0.340. The third kappa shape index (κ3) is 3.29. The number of anilines is 1. The highest BCUT2D eigenvalue weighted by Crippen LogP contribution is 2.14. The Morgan fingerprint density at radius 3 is 2.90 bits per heavy atom. The summed E-state index contributed by atoms with van der Waals surface area (Å²) in [6, 6.07) is 1.70. The quantitative estimate of drug-likeness (QED) is 0.532. The van der Waals surface area contributed by atoms with Crippen molar-refractivity contribution >= 4 is 11.6 Å². The van der Waals surface area contributed by atoms with Gasteiger partial charge in [-0.2, -0.15) is 4.98 Å². The zero-order valence-corrected chi connectivity index (χ0v) is 11.3. The Bertz CT molecular complexity index is 610. The van der Waals surface area contributed by atoms with E-state index in [9.17, 15) is 4.79 Å². The molecule has 0 aliphatic rings. The number of pyridine rings is 1. The van der Waals surface area contributed by atoms with Gasteiger partial charge >= 0.3 is 0 Å². The van der Waals surface area contributed by atoms with E-state index in [0.717, 1.165) is 5.69 Å². The molecule has 0 radical (unpaired) electrons. The van der Waals surface area contributed by atoms with Crippen molar-refractivity contribution in [2.24, 2.45) is 5.84 Å². The second-order valence-electron chi connectivity index (χ2n) is 4.26. The highest BCUT2D eigenvalue weighted by molar-refractivity contribution is 5.99. The molecule has 4 N–H and O–H groups in total. The molecule has 0 unspecified atom stereocenters. The number of hydrogen-bond acceptors (Lipinski definition) is 7. The number of amides is 1. The highest BCUT2D eigenvalue weighted by atomic mass is 16.5. The van der Waals surface area contributed by atoms with Gasteiger partial charge in [0.05, 0.1) is 11.3 Å². The molecule has 8 heteroatoms. The smallest absolute Gasteiger partial charge is 0.255 e. The van der Waals surface area contributed by atoms with Crippen LogP contribution in [0.2, 0.25) is 0 Å². The van der Waals surface area contributed by atoms with Crippen LogP contribution in [0.25, 0.3) is 0 Å². The molecule has 1 amide bonds. The molecule has 106 valence electrons. The molecule has 0 atom stereocenters. The van der Waals surface area contributed by atoms with Crippen LogP contribution in [0.15, 0.2) is 16.8 Å². The number of hydrogen-bond donors (Lipinski definition) is 3. The Morgan fingerprint density at radius 1 is 1.45 bits per heavy atom. The maximum atomic E-state index is 12.0. The van der Waals surface area contributed by atoms with Crippen molar-refractivity contribution in [3.63, 3.8) is 0 Å². The maximum absolute atomic E-state index is 12.0. The van der Waals surface area contributed by atoms with Gasteiger partial charge in [-0.15, -0.1) is 0 Å². The molecule has 0 spiro atoms. The minimum atomic E-state index is -0.262. The monoisotopic (exact) mass is 276 g/mol. The number of nitrogen functional groups attached to an aromatic ring is 1. The van der Waals surface area contributed by atoms with Crippen LogP contribution in [0, 0.1) is 13.8 Å². The van der Waals surface area contributed by atoms with Gasteiger partial charge in [-0.1, -0.05) is 5.16 Å². The number of nitrogens with one attached hydrogen (secondary N) is 2. The van der Waals surface area contributed by atoms with Gasteiger partial charge in [-0.25, -0.2) is 0 Å². The lowest BCUT2D eigenvalue weighted by atomic mass is 10.2. The maximum Gasteiger partial charge on any atom is 0.255 e. The van der Waals surface area contributed by atoms with Crippen molar-refractivity contribution in [2.75, 3.05) is 12.0 Å². The van der Waals surface area contributed by atoms with Crippen LogP contribution in [0.5, 0.6) is 0 Å². The summed E-state index contributed by atoms with van der Waals surface area (Å²) in [5.74, 6) is 6.19. The predicted molar refractivity (Wildman–Crippen MR) is 71.9 cm³/mol. The lowest BCUT2D eigenvalue weighted by Gasteiger charge is -2.09. The van der Waals surface area contributed by atoms with E-state index in [0.29, 0.717) is 35.9 Å². The molecule has 2 aromatic heterocycles. The molecule has 2 rings (SSSR count). The Balaban J connectivity index is 1.95. The second-order valence-corrected chi connectivity index (χ2v) is 4.26. The minimum absolute atomic E-state index is 0.262. The Kier molecular flexibility index (Phi) is 4.26. The first-order valence-electron chi connectivity index (χ1n) is 6.11. The zero-order chi connectivity index (χ0) is 14.5. The number of aryl methyl sites for hydroxylation is 2. The van der Waals surface area contributed by atoms with E-state index in [1.165, 1.54) is 6.20 Å². The summed E-state index contributed by atoms with van der Waals surface area (Å²) in [5.41, 5.74) is 4.18. The van der Waals surface area contributed by atoms with Crippen LogP contribution < -0.4 is 16.6 Å². The first-order chi connectivity index (χ1) is 9.60. The van der Waals surface area contributed by atoms with Crippen LogP contribution in [0.4, 0.5) is 5.69 Å². The molecular formula is C12H16N6O2. The fourth-order valence-electron chi connectivity index (χ4n) is 1.68. The summed E-state index contributed by atoms with van der Waals surface area (Å²) in [6.07, 6.45) is 1.95. The van der Waals surface area contributed by atoms with Crippen molar-refractivity contribution < 1.29 is 9.32 Å². The van der Waals surface area contributed by atoms with Crippen molar-refractivity contribution in [3.8, 4) is 0 Å². The van der Waals surface area contributed by atoms with E-state index >= 15 is 0 Å². The number of rotatable bonds is 5. The highest BCUT2D eigenvalue weighted by Gasteiger charge is 2.12. The fraction of sp³-hybridized carbons (Fsp3) is 0.333. The van der Waals surface area contributed by atoms with Crippen LogP contribution in [-0.4, -0.2) is 27.6 Å². The van der Waals surface area contributed by atoms with Crippen molar-refractivity contribution in [1.82, 2.24) is 20.4 Å². The first-order valence-corrected chi connectivity index (χ1v) is 6.11. The lowest BCUT2D eigenvalue weighted by Crippen LogP contribution is -2.27. The van der Waals surface area contributed by atoms with Crippen molar-refractivity contribution in [2.45, 2.75) is 20.3 Å². The Hall–Kier alpha value is -2.48. The number of hydrazine groups is 1. The van der Waals surface area contributed by atoms with Gasteiger partial charge in [0.15, 0.2) is 5.82 Å². The average Bonchev–Trinajstić information content (AvgIpc) is 2.84. The van der Waals surface area contributed by atoms with Crippen molar-refractivity contribution in [3.05, 3.63) is 35.2 Å². The molecule has 0 aliphatic heterocycles. The van der Waals surface area contributed by atoms with Crippen LogP contribution in [0.1, 0.15) is 27.8 Å². The average molecular weight is 276 g/mol. The SMILES string of the molecule is Cc1cc(NN)c(C(=O)NCCc2nc(C)no2)cn1. The van der Waals surface area contributed by atoms with Crippen LogP contribution >= 0.6 is 0 Å². The zero-order valence-electron chi connectivity index (χ0n) is 11.3. The van der Waals surface area contributed by atoms with Gasteiger partial charge in [0.2, 0.25) is 5.89 Å². The van der Waals surface area contributed by atoms with Crippen LogP contribution in [-0.2, 0) is 6.42 Å². The summed E-state index contributed by atoms with van der Waals surface area (Å²) in [4.78, 5) is 20.2. The second kappa shape index (κ2) is 6.11. The number of carbonyl (C=O) groups excluding carboxylic acids is 1. The molecule has 0 saturated carbocycles. The van der Waals surface area contributed by atoms with Gasteiger partial charge < -0.3 is 15.3 Å². The van der Waals surface area contributed by atoms with E-state index in [-0.39, 0.29) is 5.91 Å². The molecule has 0 saturated heterocycles. The van der Waals surface area contributed by atoms with Gasteiger partial charge in [-0.3, -0.25) is 15.6 Å². The van der Waals surface area contributed by atoms with E-state index in [4.69, 9.17) is 10.4 Å². The lowest BCUT2D eigenvalue weighted by molar-refractivity contribution is 0.0954. The fourth-order valence-corrected chi connectivity index (χ4v) is 1.68. The van der Waals surface area contributed by atoms with E-state index in [2.05, 4.69) is 25.9 Å². The Morgan fingerprint density at radius 2 is 2.25 bits per heavy atom. The molecule has 8 nitrogen and oxygen atoms in total. The Labute approximate surface area is 115 Å². The largest absolute Gasteiger partial charge is 0.351 e. The molecule has 20 heavy (non-hydrogen) atoms. The first kappa shape index (κ1) is 13.9. The minimum Gasteiger partial charge on any atom is -0.351 e. The number of nitrogens with two attached hydrogens (primary N) is 1.